The summed E-state index contributed by atoms with van der Waals surface area (Å²) in [4.78, 5) is 10.7. The minimum Gasteiger partial charge on any atom is -0.493 e. The second kappa shape index (κ2) is 6.10. The van der Waals surface area contributed by atoms with E-state index in [9.17, 15) is 4.79 Å². The van der Waals surface area contributed by atoms with Gasteiger partial charge in [-0.2, -0.15) is 0 Å². The first-order chi connectivity index (χ1) is 8.02. The van der Waals surface area contributed by atoms with Crippen molar-refractivity contribution in [1.29, 1.82) is 0 Å². The molecule has 0 aliphatic rings. The van der Waals surface area contributed by atoms with Gasteiger partial charge in [0.1, 0.15) is 0 Å². The number of methoxy groups -OCH3 is 1. The molecule has 0 bridgehead atoms. The Hall–Kier alpha value is -1.75. The zero-order valence-electron chi connectivity index (χ0n) is 10.1. The standard InChI is InChI=1S/C12H18N2O3/c1-8(13)5-9-3-4-10(16-2)11(6-9)17-7-12(14)15/h3-4,6,8H,5,7,13H2,1-2H3,(H2,14,15). The van der Waals surface area contributed by atoms with E-state index in [0.717, 1.165) is 12.0 Å². The molecule has 94 valence electrons. The van der Waals surface area contributed by atoms with Crippen molar-refractivity contribution < 1.29 is 14.3 Å². The van der Waals surface area contributed by atoms with E-state index in [2.05, 4.69) is 0 Å². The van der Waals surface area contributed by atoms with Crippen LogP contribution in [0.1, 0.15) is 12.5 Å². The molecule has 17 heavy (non-hydrogen) atoms. The van der Waals surface area contributed by atoms with Crippen molar-refractivity contribution in [2.75, 3.05) is 13.7 Å². The molecule has 1 aromatic carbocycles. The van der Waals surface area contributed by atoms with Crippen molar-refractivity contribution in [1.82, 2.24) is 0 Å². The monoisotopic (exact) mass is 238 g/mol. The second-order valence-corrected chi connectivity index (χ2v) is 3.92. The van der Waals surface area contributed by atoms with Crippen LogP contribution in [0.15, 0.2) is 18.2 Å². The molecule has 0 saturated carbocycles. The third kappa shape index (κ3) is 4.32. The number of hydrogen-bond donors (Lipinski definition) is 2. The molecule has 0 saturated heterocycles. The van der Waals surface area contributed by atoms with E-state index in [1.54, 1.807) is 6.07 Å². The van der Waals surface area contributed by atoms with Crippen LogP contribution in [0.4, 0.5) is 0 Å². The van der Waals surface area contributed by atoms with Gasteiger partial charge in [0.2, 0.25) is 0 Å². The van der Waals surface area contributed by atoms with Gasteiger partial charge in [-0.15, -0.1) is 0 Å². The Bertz CT molecular complexity index is 391. The van der Waals surface area contributed by atoms with Crippen LogP contribution in [0.5, 0.6) is 11.5 Å². The summed E-state index contributed by atoms with van der Waals surface area (Å²) in [6.07, 6.45) is 0.733. The summed E-state index contributed by atoms with van der Waals surface area (Å²) >= 11 is 0. The lowest BCUT2D eigenvalue weighted by Crippen LogP contribution is -2.20. The molecule has 5 nitrogen and oxygen atoms in total. The average Bonchev–Trinajstić information content (AvgIpc) is 2.25. The van der Waals surface area contributed by atoms with Gasteiger partial charge >= 0.3 is 0 Å². The molecule has 0 radical (unpaired) electrons. The molecular weight excluding hydrogens is 220 g/mol. The summed E-state index contributed by atoms with van der Waals surface area (Å²) in [6.45, 7) is 1.76. The molecule has 0 aromatic heterocycles. The lowest BCUT2D eigenvalue weighted by molar-refractivity contribution is -0.119. The van der Waals surface area contributed by atoms with Crippen LogP contribution >= 0.6 is 0 Å². The van der Waals surface area contributed by atoms with Gasteiger partial charge in [0, 0.05) is 6.04 Å². The number of amides is 1. The number of carbonyl (C=O) groups is 1. The van der Waals surface area contributed by atoms with Gasteiger partial charge < -0.3 is 20.9 Å². The molecule has 4 N–H and O–H groups in total. The fourth-order valence-corrected chi connectivity index (χ4v) is 1.48. The van der Waals surface area contributed by atoms with Crippen molar-refractivity contribution in [3.05, 3.63) is 23.8 Å². The van der Waals surface area contributed by atoms with E-state index < -0.39 is 5.91 Å². The maximum absolute atomic E-state index is 10.7. The van der Waals surface area contributed by atoms with E-state index >= 15 is 0 Å². The predicted molar refractivity (Wildman–Crippen MR) is 65.0 cm³/mol. The van der Waals surface area contributed by atoms with Crippen molar-refractivity contribution in [3.63, 3.8) is 0 Å². The van der Waals surface area contributed by atoms with E-state index in [1.807, 2.05) is 19.1 Å². The molecule has 1 unspecified atom stereocenters. The van der Waals surface area contributed by atoms with Crippen LogP contribution in [0.3, 0.4) is 0 Å². The summed E-state index contributed by atoms with van der Waals surface area (Å²) in [5, 5.41) is 0. The van der Waals surface area contributed by atoms with Crippen LogP contribution in [-0.4, -0.2) is 25.7 Å². The van der Waals surface area contributed by atoms with Crippen molar-refractivity contribution in [2.24, 2.45) is 11.5 Å². The molecule has 1 atom stereocenters. The Morgan fingerprint density at radius 2 is 2.12 bits per heavy atom. The Kier molecular flexibility index (Phi) is 4.78. The largest absolute Gasteiger partial charge is 0.493 e. The van der Waals surface area contributed by atoms with Gasteiger partial charge in [-0.1, -0.05) is 6.07 Å². The second-order valence-electron chi connectivity index (χ2n) is 3.92. The number of nitrogens with two attached hydrogens (primary N) is 2. The Labute approximate surface area is 101 Å². The highest BCUT2D eigenvalue weighted by molar-refractivity contribution is 5.75. The zero-order valence-corrected chi connectivity index (χ0v) is 10.1. The number of benzene rings is 1. The first kappa shape index (κ1) is 13.3. The van der Waals surface area contributed by atoms with E-state index in [-0.39, 0.29) is 12.6 Å². The van der Waals surface area contributed by atoms with Crippen molar-refractivity contribution in [3.8, 4) is 11.5 Å². The molecule has 1 rings (SSSR count). The summed E-state index contributed by atoms with van der Waals surface area (Å²) in [5.74, 6) is 0.550. The number of ether oxygens (including phenoxy) is 2. The molecule has 0 spiro atoms. The van der Waals surface area contributed by atoms with Gasteiger partial charge in [-0.3, -0.25) is 4.79 Å². The Balaban J connectivity index is 2.85. The fraction of sp³-hybridized carbons (Fsp3) is 0.417. The molecule has 5 heteroatoms. The van der Waals surface area contributed by atoms with Crippen LogP contribution in [-0.2, 0) is 11.2 Å². The lowest BCUT2D eigenvalue weighted by atomic mass is 10.1. The molecular formula is C12H18N2O3. The number of hydrogen-bond acceptors (Lipinski definition) is 4. The number of rotatable bonds is 6. The van der Waals surface area contributed by atoms with E-state index in [0.29, 0.717) is 11.5 Å². The number of primary amides is 1. The van der Waals surface area contributed by atoms with Crippen LogP contribution < -0.4 is 20.9 Å². The quantitative estimate of drug-likeness (QED) is 0.753. The summed E-state index contributed by atoms with van der Waals surface area (Å²) in [7, 11) is 1.54. The maximum atomic E-state index is 10.7. The van der Waals surface area contributed by atoms with Gasteiger partial charge in [-0.05, 0) is 31.0 Å². The molecule has 0 heterocycles. The van der Waals surface area contributed by atoms with Crippen LogP contribution in [0.2, 0.25) is 0 Å². The highest BCUT2D eigenvalue weighted by Gasteiger charge is 2.08. The molecule has 1 amide bonds. The molecule has 1 aromatic rings. The van der Waals surface area contributed by atoms with E-state index in [1.165, 1.54) is 7.11 Å². The van der Waals surface area contributed by atoms with Gasteiger partial charge in [0.25, 0.3) is 5.91 Å². The van der Waals surface area contributed by atoms with Gasteiger partial charge in [0.05, 0.1) is 7.11 Å². The highest BCUT2D eigenvalue weighted by atomic mass is 16.5. The van der Waals surface area contributed by atoms with Crippen LogP contribution in [0.25, 0.3) is 0 Å². The SMILES string of the molecule is COc1ccc(CC(C)N)cc1OCC(N)=O. The topological polar surface area (TPSA) is 87.6 Å². The highest BCUT2D eigenvalue weighted by Crippen LogP contribution is 2.28. The van der Waals surface area contributed by atoms with E-state index in [4.69, 9.17) is 20.9 Å². The first-order valence-corrected chi connectivity index (χ1v) is 5.36. The summed E-state index contributed by atoms with van der Waals surface area (Å²) < 4.78 is 10.4. The normalized spacial score (nSPS) is 11.9. The zero-order chi connectivity index (χ0) is 12.8. The predicted octanol–water partition coefficient (Wildman–Crippen LogP) is 0.449. The lowest BCUT2D eigenvalue weighted by Gasteiger charge is -2.12. The smallest absolute Gasteiger partial charge is 0.255 e. The first-order valence-electron chi connectivity index (χ1n) is 5.36. The molecule has 0 fully saturated rings. The van der Waals surface area contributed by atoms with Crippen LogP contribution in [0, 0.1) is 0 Å². The van der Waals surface area contributed by atoms with Gasteiger partial charge in [0.15, 0.2) is 18.1 Å². The fourth-order valence-electron chi connectivity index (χ4n) is 1.48. The summed E-state index contributed by atoms with van der Waals surface area (Å²) in [6, 6.07) is 5.57. The maximum Gasteiger partial charge on any atom is 0.255 e. The summed E-state index contributed by atoms with van der Waals surface area (Å²) in [5.41, 5.74) is 11.8. The minimum absolute atomic E-state index is 0.0624. The molecule has 0 aliphatic heterocycles. The third-order valence-electron chi connectivity index (χ3n) is 2.16. The minimum atomic E-state index is -0.523. The van der Waals surface area contributed by atoms with Crippen molar-refractivity contribution in [2.45, 2.75) is 19.4 Å². The molecule has 0 aliphatic carbocycles. The van der Waals surface area contributed by atoms with Crippen molar-refractivity contribution >= 4 is 5.91 Å². The Morgan fingerprint density at radius 3 is 2.65 bits per heavy atom. The average molecular weight is 238 g/mol. The third-order valence-corrected chi connectivity index (χ3v) is 2.16. The number of carbonyl (C=O) groups excluding carboxylic acids is 1. The Morgan fingerprint density at radius 1 is 1.41 bits per heavy atom. The van der Waals surface area contributed by atoms with Gasteiger partial charge in [-0.25, -0.2) is 0 Å².